The zero-order valence-corrected chi connectivity index (χ0v) is 11.5. The van der Waals surface area contributed by atoms with Crippen LogP contribution in [0.1, 0.15) is 18.1 Å². The van der Waals surface area contributed by atoms with E-state index in [1.807, 2.05) is 30.5 Å². The minimum Gasteiger partial charge on any atom is -0.326 e. The highest BCUT2D eigenvalue weighted by molar-refractivity contribution is 6.17. The second kappa shape index (κ2) is 5.87. The molecule has 0 saturated heterocycles. The average molecular weight is 261 g/mol. The Bertz CT molecular complexity index is 525. The van der Waals surface area contributed by atoms with Crippen molar-refractivity contribution in [2.75, 3.05) is 11.4 Å². The van der Waals surface area contributed by atoms with Gasteiger partial charge in [0, 0.05) is 24.0 Å². The number of hydrogen-bond donors (Lipinski definition) is 0. The fourth-order valence-electron chi connectivity index (χ4n) is 2.08. The third kappa shape index (κ3) is 2.49. The number of anilines is 2. The first-order valence-electron chi connectivity index (χ1n) is 6.11. The van der Waals surface area contributed by atoms with Crippen LogP contribution in [-0.2, 0) is 5.88 Å². The van der Waals surface area contributed by atoms with E-state index in [1.165, 1.54) is 11.3 Å². The number of rotatable bonds is 4. The summed E-state index contributed by atoms with van der Waals surface area (Å²) in [4.78, 5) is 6.68. The molecule has 0 fully saturated rings. The number of benzene rings is 1. The maximum absolute atomic E-state index is 5.99. The Hall–Kier alpha value is -1.54. The molecule has 0 bridgehead atoms. The van der Waals surface area contributed by atoms with Crippen LogP contribution < -0.4 is 4.90 Å². The van der Waals surface area contributed by atoms with Crippen molar-refractivity contribution in [3.8, 4) is 0 Å². The largest absolute Gasteiger partial charge is 0.326 e. The van der Waals surface area contributed by atoms with Gasteiger partial charge in [-0.1, -0.05) is 24.3 Å². The molecule has 2 aromatic rings. The highest BCUT2D eigenvalue weighted by Crippen LogP contribution is 2.29. The van der Waals surface area contributed by atoms with Crippen molar-refractivity contribution in [3.05, 3.63) is 53.7 Å². The van der Waals surface area contributed by atoms with Crippen LogP contribution in [0.25, 0.3) is 0 Å². The number of nitrogens with zero attached hydrogens (tertiary/aromatic N) is 2. The molecule has 0 N–H and O–H groups in total. The Morgan fingerprint density at radius 3 is 2.61 bits per heavy atom. The first-order valence-corrected chi connectivity index (χ1v) is 6.64. The first kappa shape index (κ1) is 12.9. The molecule has 0 atom stereocenters. The first-order chi connectivity index (χ1) is 8.77. The molecule has 3 heteroatoms. The Kier molecular flexibility index (Phi) is 4.21. The third-order valence-corrected chi connectivity index (χ3v) is 3.28. The summed E-state index contributed by atoms with van der Waals surface area (Å²) in [7, 11) is 0. The molecular formula is C15H17ClN2. The lowest BCUT2D eigenvalue weighted by molar-refractivity contribution is 0.970. The van der Waals surface area contributed by atoms with Gasteiger partial charge in [-0.2, -0.15) is 0 Å². The summed E-state index contributed by atoms with van der Waals surface area (Å²) in [6.45, 7) is 5.10. The molecule has 0 aliphatic heterocycles. The molecule has 1 aromatic heterocycles. The fraction of sp³-hybridized carbons (Fsp3) is 0.267. The smallest absolute Gasteiger partial charge is 0.137 e. The van der Waals surface area contributed by atoms with Gasteiger partial charge in [0.05, 0.1) is 5.88 Å². The summed E-state index contributed by atoms with van der Waals surface area (Å²) < 4.78 is 0. The molecule has 0 spiro atoms. The molecule has 0 aliphatic carbocycles. The molecule has 0 aliphatic rings. The minimum atomic E-state index is 0.478. The molecule has 0 radical (unpaired) electrons. The van der Waals surface area contributed by atoms with Crippen LogP contribution in [0.3, 0.4) is 0 Å². The van der Waals surface area contributed by atoms with E-state index in [-0.39, 0.29) is 0 Å². The standard InChI is InChI=1S/C15H17ClN2/c1-3-18(14-9-5-4-7-12(14)2)15-13(11-16)8-6-10-17-15/h4-10H,3,11H2,1-2H3. The Morgan fingerprint density at radius 2 is 1.94 bits per heavy atom. The molecule has 2 rings (SSSR count). The molecule has 18 heavy (non-hydrogen) atoms. The van der Waals surface area contributed by atoms with Crippen LogP contribution in [0.15, 0.2) is 42.6 Å². The predicted octanol–water partition coefficient (Wildman–Crippen LogP) is 4.29. The molecule has 0 unspecified atom stereocenters. The maximum Gasteiger partial charge on any atom is 0.137 e. The lowest BCUT2D eigenvalue weighted by Gasteiger charge is -2.25. The zero-order chi connectivity index (χ0) is 13.0. The third-order valence-electron chi connectivity index (χ3n) is 2.99. The van der Waals surface area contributed by atoms with Crippen molar-refractivity contribution in [2.24, 2.45) is 0 Å². The molecule has 0 amide bonds. The van der Waals surface area contributed by atoms with Crippen LogP contribution >= 0.6 is 11.6 Å². The highest BCUT2D eigenvalue weighted by Gasteiger charge is 2.13. The van der Waals surface area contributed by atoms with Gasteiger partial charge in [-0.25, -0.2) is 4.98 Å². The second-order valence-corrected chi connectivity index (χ2v) is 4.42. The van der Waals surface area contributed by atoms with E-state index in [0.29, 0.717) is 5.88 Å². The van der Waals surface area contributed by atoms with Gasteiger partial charge in [-0.3, -0.25) is 0 Å². The highest BCUT2D eigenvalue weighted by atomic mass is 35.5. The summed E-state index contributed by atoms with van der Waals surface area (Å²) in [5.74, 6) is 1.43. The summed E-state index contributed by atoms with van der Waals surface area (Å²) in [5.41, 5.74) is 3.49. The lowest BCUT2D eigenvalue weighted by Crippen LogP contribution is -2.19. The number of halogens is 1. The van der Waals surface area contributed by atoms with E-state index in [0.717, 1.165) is 17.9 Å². The van der Waals surface area contributed by atoms with Gasteiger partial charge in [0.25, 0.3) is 0 Å². The molecular weight excluding hydrogens is 244 g/mol. The van der Waals surface area contributed by atoms with Crippen LogP contribution in [0.4, 0.5) is 11.5 Å². The number of hydrogen-bond acceptors (Lipinski definition) is 2. The lowest BCUT2D eigenvalue weighted by atomic mass is 10.1. The molecule has 2 nitrogen and oxygen atoms in total. The number of alkyl halides is 1. The van der Waals surface area contributed by atoms with Crippen LogP contribution in [0.2, 0.25) is 0 Å². The summed E-state index contributed by atoms with van der Waals surface area (Å²) in [6.07, 6.45) is 1.81. The topological polar surface area (TPSA) is 16.1 Å². The van der Waals surface area contributed by atoms with Crippen molar-refractivity contribution >= 4 is 23.1 Å². The van der Waals surface area contributed by atoms with E-state index in [1.54, 1.807) is 0 Å². The van der Waals surface area contributed by atoms with Gasteiger partial charge in [-0.15, -0.1) is 11.6 Å². The molecule has 94 valence electrons. The Balaban J connectivity index is 2.49. The van der Waals surface area contributed by atoms with Gasteiger partial charge in [0.1, 0.15) is 5.82 Å². The minimum absolute atomic E-state index is 0.478. The van der Waals surface area contributed by atoms with E-state index in [4.69, 9.17) is 11.6 Å². The van der Waals surface area contributed by atoms with Gasteiger partial charge < -0.3 is 4.90 Å². The van der Waals surface area contributed by atoms with Gasteiger partial charge in [0.2, 0.25) is 0 Å². The van der Waals surface area contributed by atoms with Gasteiger partial charge in [-0.05, 0) is 31.5 Å². The quantitative estimate of drug-likeness (QED) is 0.763. The average Bonchev–Trinajstić information content (AvgIpc) is 2.42. The zero-order valence-electron chi connectivity index (χ0n) is 10.7. The van der Waals surface area contributed by atoms with Gasteiger partial charge in [0.15, 0.2) is 0 Å². The van der Waals surface area contributed by atoms with Crippen molar-refractivity contribution in [1.29, 1.82) is 0 Å². The van der Waals surface area contributed by atoms with Crippen LogP contribution in [-0.4, -0.2) is 11.5 Å². The monoisotopic (exact) mass is 260 g/mol. The van der Waals surface area contributed by atoms with Crippen molar-refractivity contribution in [1.82, 2.24) is 4.98 Å². The van der Waals surface area contributed by atoms with E-state index in [9.17, 15) is 0 Å². The van der Waals surface area contributed by atoms with Crippen molar-refractivity contribution in [2.45, 2.75) is 19.7 Å². The van der Waals surface area contributed by atoms with Crippen molar-refractivity contribution < 1.29 is 0 Å². The Morgan fingerprint density at radius 1 is 1.17 bits per heavy atom. The molecule has 1 heterocycles. The van der Waals surface area contributed by atoms with Crippen LogP contribution in [0.5, 0.6) is 0 Å². The Labute approximate surface area is 113 Å². The van der Waals surface area contributed by atoms with E-state index < -0.39 is 0 Å². The number of aryl methyl sites for hydroxylation is 1. The number of para-hydroxylation sites is 1. The summed E-state index contributed by atoms with van der Waals surface area (Å²) in [5, 5.41) is 0. The summed E-state index contributed by atoms with van der Waals surface area (Å²) in [6, 6.07) is 12.3. The van der Waals surface area contributed by atoms with Crippen molar-refractivity contribution in [3.63, 3.8) is 0 Å². The SMILES string of the molecule is CCN(c1ccccc1C)c1ncccc1CCl. The second-order valence-electron chi connectivity index (χ2n) is 4.15. The van der Waals surface area contributed by atoms with Gasteiger partial charge >= 0.3 is 0 Å². The number of aromatic nitrogens is 1. The molecule has 1 aromatic carbocycles. The van der Waals surface area contributed by atoms with E-state index in [2.05, 4.69) is 35.9 Å². The normalized spacial score (nSPS) is 10.4. The fourth-order valence-corrected chi connectivity index (χ4v) is 2.29. The van der Waals surface area contributed by atoms with E-state index >= 15 is 0 Å². The predicted molar refractivity (Wildman–Crippen MR) is 77.7 cm³/mol. The van der Waals surface area contributed by atoms with Crippen LogP contribution in [0, 0.1) is 6.92 Å². The molecule has 0 saturated carbocycles. The number of pyridine rings is 1. The maximum atomic E-state index is 5.99. The summed E-state index contributed by atoms with van der Waals surface area (Å²) >= 11 is 5.99.